The lowest BCUT2D eigenvalue weighted by Gasteiger charge is -2.43. The molecule has 1 N–H and O–H groups in total. The first kappa shape index (κ1) is 10.6. The second-order valence-electron chi connectivity index (χ2n) is 4.86. The van der Waals surface area contributed by atoms with Crippen LogP contribution in [0.2, 0.25) is 0 Å². The molecule has 1 saturated heterocycles. The van der Waals surface area contributed by atoms with Crippen LogP contribution in [0.1, 0.15) is 33.1 Å². The van der Waals surface area contributed by atoms with Gasteiger partial charge >= 0.3 is 0 Å². The Morgan fingerprint density at radius 1 is 1.62 bits per heavy atom. The molecule has 0 aromatic carbocycles. The number of nitrogens with zero attached hydrogens (tertiary/aromatic N) is 1. The van der Waals surface area contributed by atoms with Gasteiger partial charge in [-0.1, -0.05) is 6.58 Å². The lowest BCUT2D eigenvalue weighted by molar-refractivity contribution is 0.0688. The van der Waals surface area contributed by atoms with Gasteiger partial charge in [-0.15, -0.1) is 0 Å². The first-order chi connectivity index (χ1) is 5.92. The molecule has 1 atom stereocenters. The summed E-state index contributed by atoms with van der Waals surface area (Å²) in [4.78, 5) is 2.39. The van der Waals surface area contributed by atoms with E-state index in [0.29, 0.717) is 11.7 Å². The van der Waals surface area contributed by atoms with E-state index in [4.69, 9.17) is 5.11 Å². The molecular formula is C11H21NO. The van der Waals surface area contributed by atoms with E-state index >= 15 is 0 Å². The Bertz CT molecular complexity index is 198. The molecule has 13 heavy (non-hydrogen) atoms. The van der Waals surface area contributed by atoms with Crippen LogP contribution in [-0.4, -0.2) is 29.1 Å². The maximum absolute atomic E-state index is 9.13. The molecule has 1 aliphatic heterocycles. The van der Waals surface area contributed by atoms with Crippen molar-refractivity contribution in [3.63, 3.8) is 0 Å². The van der Waals surface area contributed by atoms with Gasteiger partial charge in [0.25, 0.3) is 0 Å². The van der Waals surface area contributed by atoms with E-state index in [1.165, 1.54) is 6.42 Å². The highest BCUT2D eigenvalue weighted by Crippen LogP contribution is 2.32. The van der Waals surface area contributed by atoms with Crippen molar-refractivity contribution < 1.29 is 5.11 Å². The monoisotopic (exact) mass is 183 g/mol. The van der Waals surface area contributed by atoms with E-state index in [1.54, 1.807) is 0 Å². The maximum Gasteiger partial charge on any atom is 0.0853 e. The van der Waals surface area contributed by atoms with Gasteiger partial charge in [-0.2, -0.15) is 0 Å². The standard InChI is InChI=1S/C11H21NO/c1-9(13)7-10-5-6-12(4)11(2,3)8-10/h10,13H,1,5-8H2,2-4H3. The van der Waals surface area contributed by atoms with Gasteiger partial charge in [-0.05, 0) is 46.2 Å². The number of hydrogen-bond donors (Lipinski definition) is 1. The third-order valence-corrected chi connectivity index (χ3v) is 3.22. The number of allylic oxidation sites excluding steroid dienone is 1. The van der Waals surface area contributed by atoms with Gasteiger partial charge in [0.1, 0.15) is 0 Å². The van der Waals surface area contributed by atoms with Crippen molar-refractivity contribution in [3.8, 4) is 0 Å². The summed E-state index contributed by atoms with van der Waals surface area (Å²) in [7, 11) is 2.17. The van der Waals surface area contributed by atoms with E-state index in [0.717, 1.165) is 19.4 Å². The van der Waals surface area contributed by atoms with Gasteiger partial charge in [0.2, 0.25) is 0 Å². The summed E-state index contributed by atoms with van der Waals surface area (Å²) < 4.78 is 0. The van der Waals surface area contributed by atoms with E-state index in [9.17, 15) is 0 Å². The zero-order chi connectivity index (χ0) is 10.1. The molecule has 1 fully saturated rings. The normalized spacial score (nSPS) is 28.7. The van der Waals surface area contributed by atoms with Crippen LogP contribution in [0.5, 0.6) is 0 Å². The average molecular weight is 183 g/mol. The van der Waals surface area contributed by atoms with Crippen molar-refractivity contribution in [2.24, 2.45) is 5.92 Å². The molecule has 1 unspecified atom stereocenters. The highest BCUT2D eigenvalue weighted by atomic mass is 16.3. The van der Waals surface area contributed by atoms with Crippen LogP contribution < -0.4 is 0 Å². The Morgan fingerprint density at radius 2 is 2.23 bits per heavy atom. The minimum absolute atomic E-state index is 0.276. The summed E-state index contributed by atoms with van der Waals surface area (Å²) in [6.45, 7) is 9.21. The Morgan fingerprint density at radius 3 is 2.69 bits per heavy atom. The summed E-state index contributed by atoms with van der Waals surface area (Å²) in [5, 5.41) is 9.13. The van der Waals surface area contributed by atoms with Crippen LogP contribution in [-0.2, 0) is 0 Å². The number of piperidine rings is 1. The van der Waals surface area contributed by atoms with Crippen molar-refractivity contribution in [3.05, 3.63) is 12.3 Å². The number of aliphatic hydroxyl groups is 1. The largest absolute Gasteiger partial charge is 0.513 e. The minimum atomic E-state index is 0.276. The molecule has 0 bridgehead atoms. The Balaban J connectivity index is 2.50. The van der Waals surface area contributed by atoms with Crippen molar-refractivity contribution in [2.75, 3.05) is 13.6 Å². The molecular weight excluding hydrogens is 162 g/mol. The number of likely N-dealkylation sites (tertiary alicyclic amines) is 1. The van der Waals surface area contributed by atoms with Gasteiger partial charge in [-0.3, -0.25) is 0 Å². The van der Waals surface area contributed by atoms with Crippen LogP contribution in [0.25, 0.3) is 0 Å². The van der Waals surface area contributed by atoms with Crippen LogP contribution in [0.3, 0.4) is 0 Å². The smallest absolute Gasteiger partial charge is 0.0853 e. The maximum atomic E-state index is 9.13. The van der Waals surface area contributed by atoms with Gasteiger partial charge in [0.15, 0.2) is 0 Å². The number of rotatable bonds is 2. The van der Waals surface area contributed by atoms with E-state index < -0.39 is 0 Å². The third-order valence-electron chi connectivity index (χ3n) is 3.22. The minimum Gasteiger partial charge on any atom is -0.513 e. The fourth-order valence-corrected chi connectivity index (χ4v) is 2.15. The summed E-state index contributed by atoms with van der Waals surface area (Å²) in [5.74, 6) is 0.953. The van der Waals surface area contributed by atoms with Gasteiger partial charge in [0, 0.05) is 12.0 Å². The van der Waals surface area contributed by atoms with Gasteiger partial charge in [-0.25, -0.2) is 0 Å². The van der Waals surface area contributed by atoms with Crippen molar-refractivity contribution in [1.82, 2.24) is 4.90 Å². The van der Waals surface area contributed by atoms with Gasteiger partial charge in [0.05, 0.1) is 5.76 Å². The molecule has 0 aromatic heterocycles. The first-order valence-electron chi connectivity index (χ1n) is 5.00. The summed E-state index contributed by atoms with van der Waals surface area (Å²) in [6.07, 6.45) is 3.11. The average Bonchev–Trinajstić information content (AvgIpc) is 1.95. The summed E-state index contributed by atoms with van der Waals surface area (Å²) >= 11 is 0. The highest BCUT2D eigenvalue weighted by molar-refractivity contribution is 4.92. The molecule has 76 valence electrons. The lowest BCUT2D eigenvalue weighted by atomic mass is 9.81. The molecule has 2 heteroatoms. The number of aliphatic hydroxyl groups excluding tert-OH is 1. The second kappa shape index (κ2) is 3.70. The van der Waals surface area contributed by atoms with Crippen LogP contribution in [0.4, 0.5) is 0 Å². The first-order valence-corrected chi connectivity index (χ1v) is 5.00. The fraction of sp³-hybridized carbons (Fsp3) is 0.818. The van der Waals surface area contributed by atoms with Crippen LogP contribution >= 0.6 is 0 Å². The van der Waals surface area contributed by atoms with Crippen LogP contribution in [0.15, 0.2) is 12.3 Å². The fourth-order valence-electron chi connectivity index (χ4n) is 2.15. The second-order valence-corrected chi connectivity index (χ2v) is 4.86. The Kier molecular flexibility index (Phi) is 3.01. The predicted octanol–water partition coefficient (Wildman–Crippen LogP) is 2.57. The zero-order valence-electron chi connectivity index (χ0n) is 9.01. The molecule has 1 heterocycles. The Labute approximate surface area is 81.2 Å². The topological polar surface area (TPSA) is 23.5 Å². The zero-order valence-corrected chi connectivity index (χ0v) is 9.01. The molecule has 0 saturated carbocycles. The van der Waals surface area contributed by atoms with E-state index in [1.807, 2.05) is 0 Å². The van der Waals surface area contributed by atoms with Gasteiger partial charge < -0.3 is 10.0 Å². The molecule has 0 aromatic rings. The molecule has 2 nitrogen and oxygen atoms in total. The lowest BCUT2D eigenvalue weighted by Crippen LogP contribution is -2.47. The van der Waals surface area contributed by atoms with Crippen molar-refractivity contribution >= 4 is 0 Å². The van der Waals surface area contributed by atoms with Crippen molar-refractivity contribution in [2.45, 2.75) is 38.6 Å². The summed E-state index contributed by atoms with van der Waals surface area (Å²) in [6, 6.07) is 0. The Hall–Kier alpha value is -0.500. The van der Waals surface area contributed by atoms with Crippen LogP contribution in [0, 0.1) is 5.92 Å². The SMILES string of the molecule is C=C(O)CC1CCN(C)C(C)(C)C1. The molecule has 0 aliphatic carbocycles. The molecule has 0 spiro atoms. The quantitative estimate of drug-likeness (QED) is 0.665. The third kappa shape index (κ3) is 2.73. The van der Waals surface area contributed by atoms with E-state index in [-0.39, 0.29) is 5.54 Å². The number of hydrogen-bond acceptors (Lipinski definition) is 2. The molecule has 1 rings (SSSR count). The molecule has 1 aliphatic rings. The predicted molar refractivity (Wildman–Crippen MR) is 55.8 cm³/mol. The molecule has 0 amide bonds. The van der Waals surface area contributed by atoms with Crippen molar-refractivity contribution in [1.29, 1.82) is 0 Å². The highest BCUT2D eigenvalue weighted by Gasteiger charge is 2.32. The van der Waals surface area contributed by atoms with E-state index in [2.05, 4.69) is 32.4 Å². The summed E-state index contributed by atoms with van der Waals surface area (Å²) in [5.41, 5.74) is 0.276. The molecule has 0 radical (unpaired) electrons.